The molecule has 0 aliphatic rings. The number of fused-ring (bicyclic) bond motifs is 1. The Labute approximate surface area is 189 Å². The number of benzene rings is 2. The molecule has 3 N–H and O–H groups in total. The summed E-state index contributed by atoms with van der Waals surface area (Å²) in [6.07, 6.45) is 3.32. The average Bonchev–Trinajstić information content (AvgIpc) is 3.40. The van der Waals surface area contributed by atoms with E-state index in [9.17, 15) is 14.0 Å². The van der Waals surface area contributed by atoms with Gasteiger partial charge in [-0.3, -0.25) is 9.48 Å². The standard InChI is InChI=1S/C24H24FN5O3/c1-15-20-12-18(25)7-8-21(20)33-23(15)16(2)28-24(32)26-13-17-5-3-6-19(11-17)29-22(31)14-30-10-4-9-27-30/h3-12,16H,13-14H2,1-2H3,(H,29,31)(H2,26,28,32). The molecular formula is C24H24FN5O3. The molecule has 4 rings (SSSR count). The number of rotatable bonds is 7. The van der Waals surface area contributed by atoms with Crippen LogP contribution in [0.5, 0.6) is 0 Å². The third-order valence-corrected chi connectivity index (χ3v) is 5.20. The van der Waals surface area contributed by atoms with Crippen LogP contribution in [-0.2, 0) is 17.9 Å². The molecule has 1 unspecified atom stereocenters. The van der Waals surface area contributed by atoms with E-state index in [-0.39, 0.29) is 30.8 Å². The van der Waals surface area contributed by atoms with Crippen LogP contribution in [0.3, 0.4) is 0 Å². The highest BCUT2D eigenvalue weighted by molar-refractivity contribution is 5.90. The van der Waals surface area contributed by atoms with Gasteiger partial charge in [0.05, 0.1) is 6.04 Å². The number of aromatic nitrogens is 2. The first-order chi connectivity index (χ1) is 15.9. The van der Waals surface area contributed by atoms with Gasteiger partial charge in [-0.25, -0.2) is 9.18 Å². The summed E-state index contributed by atoms with van der Waals surface area (Å²) in [4.78, 5) is 24.6. The van der Waals surface area contributed by atoms with Crippen LogP contribution in [-0.4, -0.2) is 21.7 Å². The SMILES string of the molecule is Cc1c(C(C)NC(=O)NCc2cccc(NC(=O)Cn3cccn3)c2)oc2ccc(F)cc12. The highest BCUT2D eigenvalue weighted by atomic mass is 19.1. The molecule has 4 aromatic rings. The van der Waals surface area contributed by atoms with Crippen LogP contribution in [0, 0.1) is 12.7 Å². The lowest BCUT2D eigenvalue weighted by molar-refractivity contribution is -0.116. The number of anilines is 1. The summed E-state index contributed by atoms with van der Waals surface area (Å²) in [5, 5.41) is 13.2. The number of nitrogens with one attached hydrogen (secondary N) is 3. The van der Waals surface area contributed by atoms with Gasteiger partial charge in [-0.05, 0) is 55.8 Å². The Morgan fingerprint density at radius 2 is 2.03 bits per heavy atom. The largest absolute Gasteiger partial charge is 0.459 e. The lowest BCUT2D eigenvalue weighted by Gasteiger charge is -2.14. The first-order valence-electron chi connectivity index (χ1n) is 10.5. The molecule has 0 spiro atoms. The highest BCUT2D eigenvalue weighted by Gasteiger charge is 2.18. The van der Waals surface area contributed by atoms with Gasteiger partial charge in [0.2, 0.25) is 5.91 Å². The molecule has 3 amide bonds. The van der Waals surface area contributed by atoms with Crippen LogP contribution >= 0.6 is 0 Å². The molecule has 2 aromatic heterocycles. The van der Waals surface area contributed by atoms with E-state index in [1.807, 2.05) is 13.0 Å². The summed E-state index contributed by atoms with van der Waals surface area (Å²) in [7, 11) is 0. The summed E-state index contributed by atoms with van der Waals surface area (Å²) in [6.45, 7) is 4.02. The van der Waals surface area contributed by atoms with Crippen molar-refractivity contribution in [3.8, 4) is 0 Å². The van der Waals surface area contributed by atoms with E-state index in [1.54, 1.807) is 49.6 Å². The molecule has 9 heteroatoms. The molecule has 33 heavy (non-hydrogen) atoms. The van der Waals surface area contributed by atoms with Gasteiger partial charge in [0.25, 0.3) is 0 Å². The number of aryl methyl sites for hydroxylation is 1. The first-order valence-corrected chi connectivity index (χ1v) is 10.5. The quantitative estimate of drug-likeness (QED) is 0.392. The Balaban J connectivity index is 1.32. The Bertz CT molecular complexity index is 1280. The molecule has 0 aliphatic heterocycles. The van der Waals surface area contributed by atoms with Gasteiger partial charge >= 0.3 is 6.03 Å². The summed E-state index contributed by atoms with van der Waals surface area (Å²) < 4.78 is 20.9. The monoisotopic (exact) mass is 449 g/mol. The molecule has 1 atom stereocenters. The summed E-state index contributed by atoms with van der Waals surface area (Å²) >= 11 is 0. The van der Waals surface area contributed by atoms with Crippen LogP contribution in [0.25, 0.3) is 11.0 Å². The molecule has 2 heterocycles. The van der Waals surface area contributed by atoms with Crippen molar-refractivity contribution in [2.45, 2.75) is 33.0 Å². The minimum atomic E-state index is -0.409. The lowest BCUT2D eigenvalue weighted by atomic mass is 10.1. The van der Waals surface area contributed by atoms with Gasteiger partial charge in [0.15, 0.2) is 0 Å². The van der Waals surface area contributed by atoms with E-state index in [4.69, 9.17) is 4.42 Å². The Morgan fingerprint density at radius 1 is 1.18 bits per heavy atom. The number of nitrogens with zero attached hydrogens (tertiary/aromatic N) is 2. The van der Waals surface area contributed by atoms with Crippen LogP contribution in [0.15, 0.2) is 65.3 Å². The Kier molecular flexibility index (Phi) is 6.39. The maximum atomic E-state index is 13.5. The van der Waals surface area contributed by atoms with E-state index in [1.165, 1.54) is 16.8 Å². The number of furan rings is 1. The van der Waals surface area contributed by atoms with Crippen molar-refractivity contribution in [3.05, 3.63) is 83.6 Å². The third-order valence-electron chi connectivity index (χ3n) is 5.20. The van der Waals surface area contributed by atoms with E-state index < -0.39 is 6.04 Å². The van der Waals surface area contributed by atoms with Crippen LogP contribution in [0.2, 0.25) is 0 Å². The molecule has 0 saturated heterocycles. The first kappa shape index (κ1) is 22.1. The molecule has 8 nitrogen and oxygen atoms in total. The molecular weight excluding hydrogens is 425 g/mol. The normalized spacial score (nSPS) is 11.8. The van der Waals surface area contributed by atoms with Crippen LogP contribution in [0.1, 0.15) is 29.9 Å². The van der Waals surface area contributed by atoms with E-state index >= 15 is 0 Å². The molecule has 2 aromatic carbocycles. The predicted molar refractivity (Wildman–Crippen MR) is 122 cm³/mol. The number of carbonyl (C=O) groups is 2. The number of hydrogen-bond acceptors (Lipinski definition) is 4. The number of hydrogen-bond donors (Lipinski definition) is 3. The Hall–Kier alpha value is -4.14. The summed E-state index contributed by atoms with van der Waals surface area (Å²) in [5.41, 5.74) is 2.82. The predicted octanol–water partition coefficient (Wildman–Crippen LogP) is 4.28. The van der Waals surface area contributed by atoms with Gasteiger partial charge in [-0.15, -0.1) is 0 Å². The second-order valence-corrected chi connectivity index (χ2v) is 7.73. The zero-order chi connectivity index (χ0) is 23.4. The van der Waals surface area contributed by atoms with Crippen LogP contribution < -0.4 is 16.0 Å². The number of urea groups is 1. The van der Waals surface area contributed by atoms with E-state index in [0.717, 1.165) is 11.1 Å². The van der Waals surface area contributed by atoms with Crippen molar-refractivity contribution in [2.24, 2.45) is 0 Å². The van der Waals surface area contributed by atoms with Crippen molar-refractivity contribution in [2.75, 3.05) is 5.32 Å². The fraction of sp³-hybridized carbons (Fsp3) is 0.208. The molecule has 0 radical (unpaired) electrons. The fourth-order valence-corrected chi connectivity index (χ4v) is 3.62. The van der Waals surface area contributed by atoms with Gasteiger partial charge in [0, 0.05) is 35.6 Å². The number of amides is 3. The van der Waals surface area contributed by atoms with Crippen molar-refractivity contribution in [1.82, 2.24) is 20.4 Å². The maximum absolute atomic E-state index is 13.5. The van der Waals surface area contributed by atoms with Crippen molar-refractivity contribution in [1.29, 1.82) is 0 Å². The van der Waals surface area contributed by atoms with Gasteiger partial charge in [-0.1, -0.05) is 12.1 Å². The minimum Gasteiger partial charge on any atom is -0.459 e. The minimum absolute atomic E-state index is 0.115. The zero-order valence-electron chi connectivity index (χ0n) is 18.3. The van der Waals surface area contributed by atoms with Crippen molar-refractivity contribution >= 4 is 28.6 Å². The van der Waals surface area contributed by atoms with E-state index in [0.29, 0.717) is 22.4 Å². The summed E-state index contributed by atoms with van der Waals surface area (Å²) in [5.74, 6) is 0.0419. The second kappa shape index (κ2) is 9.56. The third kappa shape index (κ3) is 5.38. The maximum Gasteiger partial charge on any atom is 0.315 e. The van der Waals surface area contributed by atoms with E-state index in [2.05, 4.69) is 21.0 Å². The number of halogens is 1. The molecule has 0 saturated carbocycles. The molecule has 170 valence electrons. The molecule has 0 fully saturated rings. The topological polar surface area (TPSA) is 101 Å². The van der Waals surface area contributed by atoms with Crippen molar-refractivity contribution in [3.63, 3.8) is 0 Å². The lowest BCUT2D eigenvalue weighted by Crippen LogP contribution is -2.36. The van der Waals surface area contributed by atoms with Crippen molar-refractivity contribution < 1.29 is 18.4 Å². The van der Waals surface area contributed by atoms with Gasteiger partial charge in [-0.2, -0.15) is 5.10 Å². The second-order valence-electron chi connectivity index (χ2n) is 7.73. The highest BCUT2D eigenvalue weighted by Crippen LogP contribution is 2.29. The number of carbonyl (C=O) groups excluding carboxylic acids is 2. The zero-order valence-corrected chi connectivity index (χ0v) is 18.3. The van der Waals surface area contributed by atoms with Gasteiger partial charge < -0.3 is 20.4 Å². The van der Waals surface area contributed by atoms with Gasteiger partial charge in [0.1, 0.15) is 23.7 Å². The molecule has 0 aliphatic carbocycles. The molecule has 0 bridgehead atoms. The smallest absolute Gasteiger partial charge is 0.315 e. The fourth-order valence-electron chi connectivity index (χ4n) is 3.62. The summed E-state index contributed by atoms with van der Waals surface area (Å²) in [6, 6.07) is 12.5. The Morgan fingerprint density at radius 3 is 2.82 bits per heavy atom. The van der Waals surface area contributed by atoms with Crippen LogP contribution in [0.4, 0.5) is 14.9 Å². The average molecular weight is 449 g/mol.